The predicted octanol–water partition coefficient (Wildman–Crippen LogP) is 1.39. The van der Waals surface area contributed by atoms with Gasteiger partial charge in [0, 0.05) is 0 Å². The molecule has 0 aliphatic heterocycles. The Bertz CT molecular complexity index is 319. The molecule has 0 aromatic carbocycles. The van der Waals surface area contributed by atoms with Gasteiger partial charge in [-0.3, -0.25) is 0 Å². The smallest absolute Gasteiger partial charge is 0.333 e. The number of rotatable bonds is 2. The Morgan fingerprint density at radius 1 is 1.69 bits per heavy atom. The number of furan rings is 1. The topological polar surface area (TPSA) is 65.5 Å². The van der Waals surface area contributed by atoms with Gasteiger partial charge in [0.25, 0.3) is 0 Å². The first kappa shape index (κ1) is 10.3. The van der Waals surface area contributed by atoms with Crippen molar-refractivity contribution in [3.63, 3.8) is 0 Å². The Balaban J connectivity index is 2.99. The molecule has 5 heteroatoms. The van der Waals surface area contributed by atoms with Crippen LogP contribution < -0.4 is 5.73 Å². The zero-order valence-corrected chi connectivity index (χ0v) is 8.92. The molecule has 0 unspecified atom stereocenters. The van der Waals surface area contributed by atoms with Gasteiger partial charge in [-0.25, -0.2) is 4.79 Å². The normalized spacial score (nSPS) is 15.1. The predicted molar refractivity (Wildman–Crippen MR) is 50.0 cm³/mol. The Morgan fingerprint density at radius 3 is 2.69 bits per heavy atom. The van der Waals surface area contributed by atoms with Gasteiger partial charge < -0.3 is 14.9 Å². The fraction of sp³-hybridized carbons (Fsp3) is 0.375. The minimum Gasteiger partial charge on any atom is -0.467 e. The van der Waals surface area contributed by atoms with Gasteiger partial charge in [-0.2, -0.15) is 0 Å². The number of halogens is 1. The average Bonchev–Trinajstić information content (AvgIpc) is 2.50. The molecular formula is C8H10BrNO3. The van der Waals surface area contributed by atoms with Crippen LogP contribution in [-0.2, 0) is 15.1 Å². The lowest BCUT2D eigenvalue weighted by atomic mass is 10.0. The van der Waals surface area contributed by atoms with Crippen molar-refractivity contribution in [2.75, 3.05) is 7.11 Å². The first-order chi connectivity index (χ1) is 5.98. The third-order valence-corrected chi connectivity index (χ3v) is 2.12. The molecule has 4 nitrogen and oxygen atoms in total. The summed E-state index contributed by atoms with van der Waals surface area (Å²) in [4.78, 5) is 11.2. The summed E-state index contributed by atoms with van der Waals surface area (Å²) in [7, 11) is 1.28. The summed E-state index contributed by atoms with van der Waals surface area (Å²) in [5.41, 5.74) is 4.48. The van der Waals surface area contributed by atoms with Crippen molar-refractivity contribution in [3.05, 3.63) is 22.6 Å². The van der Waals surface area contributed by atoms with Crippen LogP contribution in [0.1, 0.15) is 12.7 Å². The number of nitrogens with two attached hydrogens (primary N) is 1. The largest absolute Gasteiger partial charge is 0.467 e. The molecule has 72 valence electrons. The zero-order chi connectivity index (χ0) is 10.1. The highest BCUT2D eigenvalue weighted by Gasteiger charge is 2.34. The molecule has 1 aromatic rings. The van der Waals surface area contributed by atoms with Gasteiger partial charge in [0.05, 0.1) is 7.11 Å². The number of hydrogen-bond acceptors (Lipinski definition) is 4. The maximum Gasteiger partial charge on any atom is 0.333 e. The van der Waals surface area contributed by atoms with Crippen LogP contribution in [0.2, 0.25) is 0 Å². The molecule has 0 radical (unpaired) electrons. The maximum absolute atomic E-state index is 11.2. The molecule has 0 saturated heterocycles. The van der Waals surface area contributed by atoms with E-state index in [-0.39, 0.29) is 0 Å². The zero-order valence-electron chi connectivity index (χ0n) is 7.33. The summed E-state index contributed by atoms with van der Waals surface area (Å²) in [5.74, 6) is -0.166. The highest BCUT2D eigenvalue weighted by Crippen LogP contribution is 2.24. The van der Waals surface area contributed by atoms with Crippen molar-refractivity contribution in [2.24, 2.45) is 5.73 Å². The molecular weight excluding hydrogens is 238 g/mol. The van der Waals surface area contributed by atoms with E-state index >= 15 is 0 Å². The van der Waals surface area contributed by atoms with E-state index in [4.69, 9.17) is 10.2 Å². The summed E-state index contributed by atoms with van der Waals surface area (Å²) in [6, 6.07) is 3.30. The molecule has 2 N–H and O–H groups in total. The van der Waals surface area contributed by atoms with Crippen LogP contribution in [0.15, 0.2) is 21.2 Å². The molecule has 0 saturated carbocycles. The van der Waals surface area contributed by atoms with Crippen LogP contribution in [0.3, 0.4) is 0 Å². The lowest BCUT2D eigenvalue weighted by Crippen LogP contribution is -2.42. The van der Waals surface area contributed by atoms with Crippen LogP contribution in [0.25, 0.3) is 0 Å². The lowest BCUT2D eigenvalue weighted by molar-refractivity contribution is -0.147. The van der Waals surface area contributed by atoms with Gasteiger partial charge in [-0.05, 0) is 35.0 Å². The molecule has 0 spiro atoms. The van der Waals surface area contributed by atoms with Gasteiger partial charge in [-0.15, -0.1) is 0 Å². The molecule has 0 bridgehead atoms. The van der Waals surface area contributed by atoms with Gasteiger partial charge in [-0.1, -0.05) is 0 Å². The minimum atomic E-state index is -1.24. The summed E-state index contributed by atoms with van der Waals surface area (Å²) in [6.45, 7) is 1.53. The summed E-state index contributed by atoms with van der Waals surface area (Å²) in [5, 5.41) is 0. The first-order valence-electron chi connectivity index (χ1n) is 3.61. The summed E-state index contributed by atoms with van der Waals surface area (Å²) < 4.78 is 10.2. The lowest BCUT2D eigenvalue weighted by Gasteiger charge is -2.18. The molecule has 1 heterocycles. The SMILES string of the molecule is COC(=O)[C@@](C)(N)c1ccc(Br)o1. The molecule has 1 atom stereocenters. The number of hydrogen-bond donors (Lipinski definition) is 1. The van der Waals surface area contributed by atoms with Gasteiger partial charge in [0.2, 0.25) is 0 Å². The Kier molecular flexibility index (Phi) is 2.77. The maximum atomic E-state index is 11.2. The van der Waals surface area contributed by atoms with Crippen molar-refractivity contribution in [2.45, 2.75) is 12.5 Å². The second kappa shape index (κ2) is 3.51. The first-order valence-corrected chi connectivity index (χ1v) is 4.41. The number of carbonyl (C=O) groups excluding carboxylic acids is 1. The number of methoxy groups -OCH3 is 1. The van der Waals surface area contributed by atoms with Gasteiger partial charge in [0.15, 0.2) is 10.2 Å². The highest BCUT2D eigenvalue weighted by molar-refractivity contribution is 9.10. The van der Waals surface area contributed by atoms with Gasteiger partial charge in [0.1, 0.15) is 5.76 Å². The third kappa shape index (κ3) is 1.92. The quantitative estimate of drug-likeness (QED) is 0.803. The van der Waals surface area contributed by atoms with Crippen molar-refractivity contribution < 1.29 is 13.9 Å². The summed E-state index contributed by atoms with van der Waals surface area (Å²) >= 11 is 3.12. The van der Waals surface area contributed by atoms with Crippen molar-refractivity contribution >= 4 is 21.9 Å². The standard InChI is InChI=1S/C8H10BrNO3/c1-8(10,7(11)12-2)5-3-4-6(9)13-5/h3-4H,10H2,1-2H3/t8-/m0/s1. The van der Waals surface area contributed by atoms with E-state index in [2.05, 4.69) is 20.7 Å². The Hall–Kier alpha value is -0.810. The van der Waals surface area contributed by atoms with Crippen molar-refractivity contribution in [3.8, 4) is 0 Å². The van der Waals surface area contributed by atoms with Crippen LogP contribution in [0, 0.1) is 0 Å². The van der Waals surface area contributed by atoms with Crippen LogP contribution in [0.5, 0.6) is 0 Å². The van der Waals surface area contributed by atoms with E-state index in [1.807, 2.05) is 0 Å². The van der Waals surface area contributed by atoms with E-state index in [0.717, 1.165) is 0 Å². The van der Waals surface area contributed by atoms with E-state index in [0.29, 0.717) is 10.4 Å². The van der Waals surface area contributed by atoms with E-state index in [9.17, 15) is 4.79 Å². The second-order valence-electron chi connectivity index (χ2n) is 2.80. The molecule has 0 fully saturated rings. The number of esters is 1. The molecule has 1 rings (SSSR count). The fourth-order valence-corrected chi connectivity index (χ4v) is 1.21. The van der Waals surface area contributed by atoms with Crippen LogP contribution >= 0.6 is 15.9 Å². The monoisotopic (exact) mass is 247 g/mol. The highest BCUT2D eigenvalue weighted by atomic mass is 79.9. The number of carbonyl (C=O) groups is 1. The molecule has 0 aliphatic rings. The third-order valence-electron chi connectivity index (χ3n) is 1.69. The molecule has 0 amide bonds. The molecule has 0 aliphatic carbocycles. The van der Waals surface area contributed by atoms with Gasteiger partial charge >= 0.3 is 5.97 Å². The Labute approximate surface area is 84.2 Å². The molecule has 13 heavy (non-hydrogen) atoms. The van der Waals surface area contributed by atoms with Crippen LogP contribution in [0.4, 0.5) is 0 Å². The Morgan fingerprint density at radius 2 is 2.31 bits per heavy atom. The van der Waals surface area contributed by atoms with E-state index in [1.54, 1.807) is 12.1 Å². The second-order valence-corrected chi connectivity index (χ2v) is 3.58. The fourth-order valence-electron chi connectivity index (χ4n) is 0.906. The number of ether oxygens (including phenoxy) is 1. The van der Waals surface area contributed by atoms with Crippen LogP contribution in [-0.4, -0.2) is 13.1 Å². The van der Waals surface area contributed by atoms with E-state index in [1.165, 1.54) is 14.0 Å². The van der Waals surface area contributed by atoms with Crippen molar-refractivity contribution in [1.29, 1.82) is 0 Å². The average molecular weight is 248 g/mol. The summed E-state index contributed by atoms with van der Waals surface area (Å²) in [6.07, 6.45) is 0. The minimum absolute atomic E-state index is 0.367. The van der Waals surface area contributed by atoms with Crippen molar-refractivity contribution in [1.82, 2.24) is 0 Å². The molecule has 1 aromatic heterocycles. The van der Waals surface area contributed by atoms with E-state index < -0.39 is 11.5 Å².